The molecule has 5 rings (SSSR count). The van der Waals surface area contributed by atoms with Crippen LogP contribution in [0, 0.1) is 11.7 Å². The van der Waals surface area contributed by atoms with E-state index in [1.165, 1.54) is 0 Å². The minimum absolute atomic E-state index is 0.122. The molecule has 1 aromatic heterocycles. The van der Waals surface area contributed by atoms with Crippen molar-refractivity contribution in [3.63, 3.8) is 0 Å². The molecule has 11 heteroatoms. The summed E-state index contributed by atoms with van der Waals surface area (Å²) in [5.41, 5.74) is -9.86. The number of nitrogens with zero attached hydrogens (tertiary/aromatic N) is 4. The first kappa shape index (κ1) is 20.5. The van der Waals surface area contributed by atoms with Crippen molar-refractivity contribution in [2.24, 2.45) is 5.89 Å². The summed E-state index contributed by atoms with van der Waals surface area (Å²) in [5, 5.41) is -0.632. The minimum atomic E-state index is -5.31. The van der Waals surface area contributed by atoms with Crippen LogP contribution in [-0.4, -0.2) is 51.4 Å². The van der Waals surface area contributed by atoms with Gasteiger partial charge < -0.3 is 14.4 Å². The Balaban J connectivity index is 1.70. The zero-order valence-corrected chi connectivity index (χ0v) is 26.9. The van der Waals surface area contributed by atoms with Gasteiger partial charge in [-0.2, -0.15) is 18.2 Å². The zero-order chi connectivity index (χ0) is 47.7. The van der Waals surface area contributed by atoms with Crippen molar-refractivity contribution in [1.82, 2.24) is 19.4 Å². The van der Waals surface area contributed by atoms with E-state index < -0.39 is 148 Å². The number of fused-ring (bicyclic) bond motifs is 1. The van der Waals surface area contributed by atoms with E-state index in [4.69, 9.17) is 20.6 Å². The summed E-state index contributed by atoms with van der Waals surface area (Å²) in [4.78, 5) is 35.0. The molecule has 1 aliphatic carbocycles. The van der Waals surface area contributed by atoms with Gasteiger partial charge in [-0.1, -0.05) is 80.9 Å². The number of amides is 1. The number of likely N-dealkylation sites (N-methyl/N-ethyl adjacent to an activating group) is 1. The molecule has 0 bridgehead atoms. The summed E-state index contributed by atoms with van der Waals surface area (Å²) in [6.07, 6.45) is -11.4. The van der Waals surface area contributed by atoms with Crippen molar-refractivity contribution in [2.75, 3.05) is 26.2 Å². The van der Waals surface area contributed by atoms with Gasteiger partial charge in [0.05, 0.1) is 16.5 Å². The summed E-state index contributed by atoms with van der Waals surface area (Å²) < 4.78 is 185. The van der Waals surface area contributed by atoms with Gasteiger partial charge in [-0.25, -0.2) is 4.39 Å². The molecule has 0 saturated carbocycles. The smallest absolute Gasteiger partial charge is 0.336 e. The maximum Gasteiger partial charge on any atom is 0.416 e. The van der Waals surface area contributed by atoms with Gasteiger partial charge in [0.1, 0.15) is 12.4 Å². The van der Waals surface area contributed by atoms with Gasteiger partial charge in [0.15, 0.2) is 5.16 Å². The van der Waals surface area contributed by atoms with Crippen LogP contribution in [0.15, 0.2) is 82.6 Å². The lowest BCUT2D eigenvalue weighted by Crippen LogP contribution is -2.40. The standard InChI is InChI=1S/C37H40F4N4O2S/c1-4-43(5-2)18-19-44(22-26-6-10-28(11-7-26)29-12-14-30(15-13-29)37(39,40)41)34(46)23-45-33-21-25(3)20-32(33)35(47)42-36(45)48-24-27-8-16-31(38)17-9-27/h6-17,25H,4-5,18-24H2,1-3H3/i6D,7D,10D,11D,12D,13D,14D,15D,20D2,21D2,24D2,25D. The predicted octanol–water partition coefficient (Wildman–Crippen LogP) is 7.47. The second kappa shape index (κ2) is 15.5. The number of carbonyl (C=O) groups is 1. The number of aromatic nitrogens is 2. The summed E-state index contributed by atoms with van der Waals surface area (Å²) in [7, 11) is 0. The lowest BCUT2D eigenvalue weighted by molar-refractivity contribution is -0.137. The van der Waals surface area contributed by atoms with E-state index in [9.17, 15) is 27.2 Å². The second-order valence-electron chi connectivity index (χ2n) is 10.5. The van der Waals surface area contributed by atoms with Gasteiger partial charge in [0, 0.05) is 46.2 Å². The Hall–Kier alpha value is -3.96. The van der Waals surface area contributed by atoms with Crippen molar-refractivity contribution in [1.29, 1.82) is 0 Å². The molecule has 0 spiro atoms. The van der Waals surface area contributed by atoms with E-state index in [0.717, 1.165) is 40.7 Å². The maximum atomic E-state index is 14.7. The van der Waals surface area contributed by atoms with Crippen molar-refractivity contribution in [3.8, 4) is 11.1 Å². The van der Waals surface area contributed by atoms with Crippen LogP contribution >= 0.6 is 11.8 Å². The summed E-state index contributed by atoms with van der Waals surface area (Å²) in [6.45, 7) is 3.60. The van der Waals surface area contributed by atoms with Crippen LogP contribution in [0.3, 0.4) is 0 Å². The van der Waals surface area contributed by atoms with E-state index in [-0.39, 0.29) is 30.4 Å². The molecular formula is C37H40F4N4O2S. The molecule has 0 fully saturated rings. The topological polar surface area (TPSA) is 58.4 Å². The van der Waals surface area contributed by atoms with Crippen molar-refractivity contribution >= 4 is 17.7 Å². The predicted molar refractivity (Wildman–Crippen MR) is 181 cm³/mol. The van der Waals surface area contributed by atoms with Crippen LogP contribution in [0.1, 0.15) is 69.3 Å². The highest BCUT2D eigenvalue weighted by molar-refractivity contribution is 7.98. The van der Waals surface area contributed by atoms with Crippen LogP contribution in [-0.2, 0) is 42.5 Å². The van der Waals surface area contributed by atoms with Crippen LogP contribution in [0.4, 0.5) is 17.6 Å². The molecule has 1 aliphatic rings. The third-order valence-corrected chi connectivity index (χ3v) is 8.11. The molecule has 3 aromatic carbocycles. The third-order valence-electron chi connectivity index (χ3n) is 7.28. The number of hydrogen-bond acceptors (Lipinski definition) is 5. The van der Waals surface area contributed by atoms with Crippen LogP contribution < -0.4 is 5.56 Å². The largest absolute Gasteiger partial charge is 0.416 e. The molecule has 1 amide bonds. The number of alkyl halides is 3. The normalized spacial score (nSPS) is 22.8. The molecule has 0 radical (unpaired) electrons. The number of benzene rings is 3. The first-order chi connectivity index (χ1) is 28.9. The van der Waals surface area contributed by atoms with Gasteiger partial charge in [-0.05, 0) is 78.2 Å². The Morgan fingerprint density at radius 3 is 2.25 bits per heavy atom. The Kier molecular flexibility index (Phi) is 6.63. The van der Waals surface area contributed by atoms with E-state index in [2.05, 4.69) is 4.98 Å². The Bertz CT molecular complexity index is 2480. The Morgan fingerprint density at radius 1 is 1.02 bits per heavy atom. The summed E-state index contributed by atoms with van der Waals surface area (Å²) in [5.74, 6) is -4.40. The monoisotopic (exact) mass is 695 g/mol. The highest BCUT2D eigenvalue weighted by atomic mass is 32.2. The van der Waals surface area contributed by atoms with Gasteiger partial charge in [0.25, 0.3) is 5.56 Å². The van der Waals surface area contributed by atoms with Gasteiger partial charge in [-0.15, -0.1) is 0 Å². The number of thioether (sulfide) groups is 1. The van der Waals surface area contributed by atoms with Crippen molar-refractivity contribution < 1.29 is 42.9 Å². The fourth-order valence-electron chi connectivity index (χ4n) is 4.66. The van der Waals surface area contributed by atoms with Crippen molar-refractivity contribution in [2.45, 2.75) is 63.6 Å². The second-order valence-corrected chi connectivity index (χ2v) is 11.3. The van der Waals surface area contributed by atoms with Gasteiger partial charge in [0.2, 0.25) is 5.91 Å². The molecule has 1 unspecified atom stereocenters. The molecular weight excluding hydrogens is 640 g/mol. The summed E-state index contributed by atoms with van der Waals surface area (Å²) >= 11 is 0.215. The summed E-state index contributed by atoms with van der Waals surface area (Å²) in [6, 6.07) is -5.16. The molecule has 0 aliphatic heterocycles. The zero-order valence-electron chi connectivity index (χ0n) is 41.1. The fraction of sp³-hybridized carbons (Fsp3) is 0.378. The Morgan fingerprint density at radius 2 is 1.65 bits per heavy atom. The molecule has 0 saturated heterocycles. The maximum absolute atomic E-state index is 14.7. The Labute approximate surface area is 303 Å². The molecule has 48 heavy (non-hydrogen) atoms. The average Bonchev–Trinajstić information content (AvgIpc) is 3.29. The lowest BCUT2D eigenvalue weighted by atomic mass is 10.0. The molecule has 1 atom stereocenters. The number of hydrogen-bond donors (Lipinski definition) is 0. The number of rotatable bonds is 13. The van der Waals surface area contributed by atoms with E-state index >= 15 is 0 Å². The van der Waals surface area contributed by atoms with Crippen LogP contribution in [0.25, 0.3) is 11.1 Å². The quantitative estimate of drug-likeness (QED) is 0.0826. The van der Waals surface area contributed by atoms with E-state index in [1.807, 2.05) is 18.7 Å². The van der Waals surface area contributed by atoms with Gasteiger partial charge >= 0.3 is 6.18 Å². The van der Waals surface area contributed by atoms with Crippen LogP contribution in [0.2, 0.25) is 0 Å². The first-order valence-electron chi connectivity index (χ1n) is 22.3. The van der Waals surface area contributed by atoms with Crippen LogP contribution in [0.5, 0.6) is 0 Å². The molecule has 0 N–H and O–H groups in total. The number of halogens is 4. The average molecular weight is 696 g/mol. The molecule has 6 nitrogen and oxygen atoms in total. The molecule has 1 heterocycles. The first-order valence-corrected chi connectivity index (χ1v) is 15.6. The van der Waals surface area contributed by atoms with Gasteiger partial charge in [-0.3, -0.25) is 9.59 Å². The lowest BCUT2D eigenvalue weighted by Gasteiger charge is -2.28. The molecule has 4 aromatic rings. The highest BCUT2D eigenvalue weighted by Crippen LogP contribution is 2.32. The highest BCUT2D eigenvalue weighted by Gasteiger charge is 2.30. The molecule has 254 valence electrons. The van der Waals surface area contributed by atoms with E-state index in [1.54, 1.807) is 0 Å². The SMILES string of the molecule is [2H]c1c([2H])c(-c2c([2H])c([2H])c(C(F)(F)F)c([2H])c2[2H])c([2H])c([2H])c1CN(CCN(CC)CC)C(=O)Cn1c(SC([2H])([2H])c2ccc(F)cc2)nc(=O)c2c1C([2H])([2H])C([2H])(C)C2([2H])[2H]. The fourth-order valence-corrected chi connectivity index (χ4v) is 5.40. The minimum Gasteiger partial charge on any atom is -0.336 e. The third kappa shape index (κ3) is 8.73. The van der Waals surface area contributed by atoms with E-state index in [0.29, 0.717) is 13.1 Å². The number of carbonyl (C=O) groups excluding carboxylic acids is 1. The van der Waals surface area contributed by atoms with Crippen molar-refractivity contribution in [3.05, 3.63) is 117 Å².